The molecule has 1 unspecified atom stereocenters. The van der Waals surface area contributed by atoms with Gasteiger partial charge in [0.2, 0.25) is 5.88 Å². The summed E-state index contributed by atoms with van der Waals surface area (Å²) in [5.41, 5.74) is 2.27. The summed E-state index contributed by atoms with van der Waals surface area (Å²) in [6.07, 6.45) is 1.12. The first kappa shape index (κ1) is 21.3. The summed E-state index contributed by atoms with van der Waals surface area (Å²) in [5, 5.41) is 3.41. The van der Waals surface area contributed by atoms with Crippen LogP contribution in [-0.2, 0) is 6.54 Å². The van der Waals surface area contributed by atoms with Gasteiger partial charge in [-0.05, 0) is 30.2 Å². The Balaban J connectivity index is 0.00000261. The zero-order valence-corrected chi connectivity index (χ0v) is 18.3. The predicted molar refractivity (Wildman–Crippen MR) is 118 cm³/mol. The maximum Gasteiger partial charge on any atom is 0.213 e. The highest BCUT2D eigenvalue weighted by molar-refractivity contribution is 14.0. The molecule has 1 atom stereocenters. The molecule has 1 aliphatic heterocycles. The molecule has 1 aliphatic rings. The Morgan fingerprint density at radius 2 is 1.96 bits per heavy atom. The molecule has 0 amide bonds. The predicted octanol–water partition coefficient (Wildman–Crippen LogP) is 3.28. The van der Waals surface area contributed by atoms with Crippen LogP contribution < -0.4 is 14.8 Å². The lowest BCUT2D eigenvalue weighted by Gasteiger charge is -2.21. The molecule has 1 saturated heterocycles. The van der Waals surface area contributed by atoms with Crippen LogP contribution in [0.15, 0.2) is 47.5 Å². The minimum Gasteiger partial charge on any atom is -0.497 e. The van der Waals surface area contributed by atoms with Gasteiger partial charge < -0.3 is 19.7 Å². The van der Waals surface area contributed by atoms with Crippen LogP contribution in [0.5, 0.6) is 11.6 Å². The van der Waals surface area contributed by atoms with Crippen LogP contribution in [-0.4, -0.2) is 50.2 Å². The largest absolute Gasteiger partial charge is 0.497 e. The monoisotopic (exact) mass is 482 g/mol. The smallest absolute Gasteiger partial charge is 0.213 e. The fourth-order valence-electron chi connectivity index (χ4n) is 3.27. The number of benzene rings is 1. The average molecular weight is 482 g/mol. The Bertz CT molecular complexity index is 752. The van der Waals surface area contributed by atoms with Gasteiger partial charge in [0.05, 0.1) is 26.5 Å². The molecule has 0 saturated carbocycles. The second kappa shape index (κ2) is 10.3. The van der Waals surface area contributed by atoms with Crippen LogP contribution in [0.3, 0.4) is 0 Å². The van der Waals surface area contributed by atoms with Gasteiger partial charge in [-0.1, -0.05) is 18.2 Å². The number of halogens is 1. The number of methoxy groups -OCH3 is 2. The van der Waals surface area contributed by atoms with Crippen molar-refractivity contribution in [2.75, 3.05) is 34.4 Å². The first-order chi connectivity index (χ1) is 12.7. The molecule has 2 aromatic rings. The van der Waals surface area contributed by atoms with E-state index in [1.54, 1.807) is 14.2 Å². The first-order valence-electron chi connectivity index (χ1n) is 8.83. The quantitative estimate of drug-likeness (QED) is 0.403. The summed E-state index contributed by atoms with van der Waals surface area (Å²) >= 11 is 0. The average Bonchev–Trinajstić information content (AvgIpc) is 3.19. The van der Waals surface area contributed by atoms with Crippen LogP contribution in [0.2, 0.25) is 0 Å². The van der Waals surface area contributed by atoms with Gasteiger partial charge in [0, 0.05) is 32.1 Å². The van der Waals surface area contributed by atoms with Crippen molar-refractivity contribution in [3.63, 3.8) is 0 Å². The second-order valence-electron chi connectivity index (χ2n) is 6.28. The van der Waals surface area contributed by atoms with Crippen LogP contribution in [0.1, 0.15) is 23.6 Å². The number of nitrogens with one attached hydrogen (secondary N) is 1. The molecule has 2 heterocycles. The highest BCUT2D eigenvalue weighted by atomic mass is 127. The molecule has 1 fully saturated rings. The topological polar surface area (TPSA) is 59.0 Å². The Hall–Kier alpha value is -2.03. The standard InChI is InChI=1S/C20H26N4O2.HI/c1-21-20(22-13-17-5-4-6-19(23-17)26-3)24-12-11-16(14-24)15-7-9-18(25-2)10-8-15;/h4-10,16H,11-14H2,1-3H3,(H,21,22);1H. The molecule has 7 heteroatoms. The van der Waals surface area contributed by atoms with Crippen LogP contribution in [0, 0.1) is 0 Å². The number of aliphatic imine (C=N–C) groups is 1. The van der Waals surface area contributed by atoms with Crippen LogP contribution in [0.25, 0.3) is 0 Å². The van der Waals surface area contributed by atoms with Crippen molar-refractivity contribution >= 4 is 29.9 Å². The van der Waals surface area contributed by atoms with Crippen molar-refractivity contribution in [1.29, 1.82) is 0 Å². The van der Waals surface area contributed by atoms with E-state index in [1.807, 2.05) is 37.4 Å². The lowest BCUT2D eigenvalue weighted by Crippen LogP contribution is -2.39. The van der Waals surface area contributed by atoms with Gasteiger partial charge in [0.1, 0.15) is 5.75 Å². The number of pyridine rings is 1. The zero-order chi connectivity index (χ0) is 18.4. The van der Waals surface area contributed by atoms with Crippen LogP contribution >= 0.6 is 24.0 Å². The fourth-order valence-corrected chi connectivity index (χ4v) is 3.27. The van der Waals surface area contributed by atoms with Gasteiger partial charge in [-0.2, -0.15) is 0 Å². The number of hydrogen-bond donors (Lipinski definition) is 1. The van der Waals surface area contributed by atoms with E-state index >= 15 is 0 Å². The van der Waals surface area contributed by atoms with E-state index in [2.05, 4.69) is 32.3 Å². The minimum absolute atomic E-state index is 0. The zero-order valence-electron chi connectivity index (χ0n) is 16.0. The third-order valence-electron chi connectivity index (χ3n) is 4.70. The maximum absolute atomic E-state index is 5.24. The fraction of sp³-hybridized carbons (Fsp3) is 0.400. The van der Waals surface area contributed by atoms with E-state index in [1.165, 1.54) is 5.56 Å². The highest BCUT2D eigenvalue weighted by Gasteiger charge is 2.26. The number of guanidine groups is 1. The second-order valence-corrected chi connectivity index (χ2v) is 6.28. The SMILES string of the molecule is CN=C(NCc1cccc(OC)n1)N1CCC(c2ccc(OC)cc2)C1.I. The van der Waals surface area contributed by atoms with Gasteiger partial charge >= 0.3 is 0 Å². The van der Waals surface area contributed by atoms with Gasteiger partial charge in [-0.25, -0.2) is 4.98 Å². The van der Waals surface area contributed by atoms with Gasteiger partial charge in [0.25, 0.3) is 0 Å². The van der Waals surface area contributed by atoms with Crippen molar-refractivity contribution in [3.8, 4) is 11.6 Å². The Morgan fingerprint density at radius 3 is 2.63 bits per heavy atom. The molecule has 146 valence electrons. The van der Waals surface area contributed by atoms with E-state index in [9.17, 15) is 0 Å². The van der Waals surface area contributed by atoms with E-state index in [0.717, 1.165) is 36.9 Å². The number of aromatic nitrogens is 1. The summed E-state index contributed by atoms with van der Waals surface area (Å²) < 4.78 is 10.4. The molecule has 27 heavy (non-hydrogen) atoms. The maximum atomic E-state index is 5.24. The third-order valence-corrected chi connectivity index (χ3v) is 4.70. The number of ether oxygens (including phenoxy) is 2. The summed E-state index contributed by atoms with van der Waals surface area (Å²) in [5.74, 6) is 2.94. The Morgan fingerprint density at radius 1 is 1.19 bits per heavy atom. The molecular weight excluding hydrogens is 455 g/mol. The molecule has 1 N–H and O–H groups in total. The molecule has 1 aromatic heterocycles. The summed E-state index contributed by atoms with van der Waals surface area (Å²) in [4.78, 5) is 11.2. The number of likely N-dealkylation sites (tertiary alicyclic amines) is 1. The lowest BCUT2D eigenvalue weighted by atomic mass is 9.98. The number of rotatable bonds is 5. The molecule has 0 spiro atoms. The van der Waals surface area contributed by atoms with E-state index in [-0.39, 0.29) is 24.0 Å². The molecule has 6 nitrogen and oxygen atoms in total. The minimum atomic E-state index is 0. The number of nitrogens with zero attached hydrogens (tertiary/aromatic N) is 3. The Labute approximate surface area is 178 Å². The van der Waals surface area contributed by atoms with E-state index in [0.29, 0.717) is 18.3 Å². The molecule has 3 rings (SSSR count). The molecular formula is C20H27IN4O2. The van der Waals surface area contributed by atoms with Gasteiger partial charge in [0.15, 0.2) is 5.96 Å². The van der Waals surface area contributed by atoms with Crippen molar-refractivity contribution in [1.82, 2.24) is 15.2 Å². The first-order valence-corrected chi connectivity index (χ1v) is 8.83. The third kappa shape index (κ3) is 5.47. The van der Waals surface area contributed by atoms with Crippen molar-refractivity contribution in [3.05, 3.63) is 53.7 Å². The summed E-state index contributed by atoms with van der Waals surface area (Å²) in [6, 6.07) is 14.1. The normalized spacial score (nSPS) is 16.6. The van der Waals surface area contributed by atoms with Crippen molar-refractivity contribution in [2.45, 2.75) is 18.9 Å². The van der Waals surface area contributed by atoms with Crippen molar-refractivity contribution in [2.24, 2.45) is 4.99 Å². The molecule has 0 radical (unpaired) electrons. The lowest BCUT2D eigenvalue weighted by molar-refractivity contribution is 0.396. The van der Waals surface area contributed by atoms with Crippen LogP contribution in [0.4, 0.5) is 0 Å². The number of hydrogen-bond acceptors (Lipinski definition) is 4. The molecule has 0 aliphatic carbocycles. The summed E-state index contributed by atoms with van der Waals surface area (Å²) in [6.45, 7) is 2.56. The van der Waals surface area contributed by atoms with Gasteiger partial charge in [-0.3, -0.25) is 4.99 Å². The summed E-state index contributed by atoms with van der Waals surface area (Å²) in [7, 11) is 5.14. The van der Waals surface area contributed by atoms with Crippen molar-refractivity contribution < 1.29 is 9.47 Å². The molecule has 1 aromatic carbocycles. The molecule has 0 bridgehead atoms. The van der Waals surface area contributed by atoms with E-state index < -0.39 is 0 Å². The van der Waals surface area contributed by atoms with Gasteiger partial charge in [-0.15, -0.1) is 24.0 Å². The highest BCUT2D eigenvalue weighted by Crippen LogP contribution is 2.28. The van der Waals surface area contributed by atoms with E-state index in [4.69, 9.17) is 9.47 Å². The Kier molecular flexibility index (Phi) is 8.15.